The number of nitrogens with zero attached hydrogens (tertiary/aromatic N) is 4. The highest BCUT2D eigenvalue weighted by Crippen LogP contribution is 2.26. The van der Waals surface area contributed by atoms with Crippen LogP contribution in [0, 0.1) is 0 Å². The highest BCUT2D eigenvalue weighted by Gasteiger charge is 2.15. The van der Waals surface area contributed by atoms with E-state index >= 15 is 0 Å². The van der Waals surface area contributed by atoms with Crippen LogP contribution in [0.2, 0.25) is 0 Å². The number of nitrogens with two attached hydrogens (primary N) is 1. The summed E-state index contributed by atoms with van der Waals surface area (Å²) in [6.07, 6.45) is 13.5. The molecule has 0 aliphatic rings. The minimum absolute atomic E-state index is 0.468. The third kappa shape index (κ3) is 3.93. The van der Waals surface area contributed by atoms with E-state index in [-0.39, 0.29) is 0 Å². The summed E-state index contributed by atoms with van der Waals surface area (Å²) < 4.78 is 2.19. The molecular weight excluding hydrogens is 262 g/mol. The van der Waals surface area contributed by atoms with Crippen molar-refractivity contribution in [1.29, 1.82) is 0 Å². The smallest absolute Gasteiger partial charge is 0.165 e. The van der Waals surface area contributed by atoms with Crippen LogP contribution in [0.1, 0.15) is 71.3 Å². The molecule has 2 rings (SSSR count). The van der Waals surface area contributed by atoms with Gasteiger partial charge in [-0.1, -0.05) is 52.4 Å². The number of hydrogen-bond acceptors (Lipinski definition) is 4. The Kier molecular flexibility index (Phi) is 5.96. The molecule has 0 aromatic carbocycles. The number of anilines is 1. The molecule has 5 nitrogen and oxygen atoms in total. The number of rotatable bonds is 9. The molecule has 0 aliphatic carbocycles. The fourth-order valence-corrected chi connectivity index (χ4v) is 2.88. The molecule has 1 unspecified atom stereocenters. The first-order valence-electron chi connectivity index (χ1n) is 8.20. The second-order valence-corrected chi connectivity index (χ2v) is 5.73. The first kappa shape index (κ1) is 15.7. The van der Waals surface area contributed by atoms with Gasteiger partial charge in [-0.15, -0.1) is 0 Å². The molecule has 0 bridgehead atoms. The highest BCUT2D eigenvalue weighted by molar-refractivity contribution is 5.81. The summed E-state index contributed by atoms with van der Waals surface area (Å²) in [6, 6.07) is 0.468. The topological polar surface area (TPSA) is 69.6 Å². The number of unbranched alkanes of at least 4 members (excludes halogenated alkanes) is 4. The average Bonchev–Trinajstić information content (AvgIpc) is 2.91. The Morgan fingerprint density at radius 3 is 2.57 bits per heavy atom. The molecule has 0 saturated heterocycles. The molecule has 0 amide bonds. The maximum atomic E-state index is 5.87. The average molecular weight is 289 g/mol. The molecule has 0 fully saturated rings. The van der Waals surface area contributed by atoms with Crippen LogP contribution >= 0.6 is 0 Å². The van der Waals surface area contributed by atoms with Crippen molar-refractivity contribution in [1.82, 2.24) is 19.5 Å². The Balaban J connectivity index is 2.07. The van der Waals surface area contributed by atoms with E-state index in [2.05, 4.69) is 33.4 Å². The van der Waals surface area contributed by atoms with Crippen LogP contribution in [-0.4, -0.2) is 19.5 Å². The number of fused-ring (bicyclic) bond motifs is 1. The first-order chi connectivity index (χ1) is 10.3. The third-order valence-corrected chi connectivity index (χ3v) is 4.04. The Bertz CT molecular complexity index is 549. The van der Waals surface area contributed by atoms with Gasteiger partial charge in [0.1, 0.15) is 11.8 Å². The third-order valence-electron chi connectivity index (χ3n) is 4.04. The zero-order valence-corrected chi connectivity index (χ0v) is 13.3. The van der Waals surface area contributed by atoms with Crippen molar-refractivity contribution in [2.24, 2.45) is 0 Å². The maximum absolute atomic E-state index is 5.87. The fraction of sp³-hybridized carbons (Fsp3) is 0.688. The highest BCUT2D eigenvalue weighted by atomic mass is 15.1. The molecule has 5 heteroatoms. The number of nitrogen functional groups attached to an aromatic ring is 1. The van der Waals surface area contributed by atoms with Gasteiger partial charge in [0.05, 0.1) is 6.33 Å². The van der Waals surface area contributed by atoms with Crippen molar-refractivity contribution in [2.45, 2.75) is 71.3 Å². The molecule has 2 N–H and O–H groups in total. The van der Waals surface area contributed by atoms with Gasteiger partial charge in [0.25, 0.3) is 0 Å². The second-order valence-electron chi connectivity index (χ2n) is 5.73. The van der Waals surface area contributed by atoms with Gasteiger partial charge in [-0.25, -0.2) is 15.0 Å². The SMILES string of the molecule is CCCCCCCC(CCC)n1cnc2c(N)ncnc21. The Hall–Kier alpha value is -1.65. The van der Waals surface area contributed by atoms with Gasteiger partial charge in [-0.05, 0) is 12.8 Å². The molecule has 2 aromatic heterocycles. The summed E-state index contributed by atoms with van der Waals surface area (Å²) in [4.78, 5) is 12.8. The number of aromatic nitrogens is 4. The Labute approximate surface area is 127 Å². The predicted molar refractivity (Wildman–Crippen MR) is 87.1 cm³/mol. The Morgan fingerprint density at radius 1 is 1.00 bits per heavy atom. The summed E-state index contributed by atoms with van der Waals surface area (Å²) >= 11 is 0. The lowest BCUT2D eigenvalue weighted by atomic mass is 10.0. The van der Waals surface area contributed by atoms with Gasteiger partial charge >= 0.3 is 0 Å². The lowest BCUT2D eigenvalue weighted by Gasteiger charge is -2.18. The van der Waals surface area contributed by atoms with Gasteiger partial charge in [0.15, 0.2) is 11.5 Å². The minimum Gasteiger partial charge on any atom is -0.382 e. The maximum Gasteiger partial charge on any atom is 0.165 e. The van der Waals surface area contributed by atoms with E-state index in [0.717, 1.165) is 17.6 Å². The zero-order chi connectivity index (χ0) is 15.1. The Morgan fingerprint density at radius 2 is 1.81 bits per heavy atom. The van der Waals surface area contributed by atoms with Crippen LogP contribution < -0.4 is 5.73 Å². The van der Waals surface area contributed by atoms with E-state index in [4.69, 9.17) is 5.73 Å². The molecule has 1 atom stereocenters. The van der Waals surface area contributed by atoms with E-state index in [0.29, 0.717) is 11.9 Å². The van der Waals surface area contributed by atoms with Crippen LogP contribution in [-0.2, 0) is 0 Å². The summed E-state index contributed by atoms with van der Waals surface area (Å²) in [5, 5.41) is 0. The standard InChI is InChI=1S/C16H27N5/c1-3-5-6-7-8-10-13(9-4-2)21-12-20-14-15(17)18-11-19-16(14)21/h11-13H,3-10H2,1-2H3,(H2,17,18,19). The fourth-order valence-electron chi connectivity index (χ4n) is 2.88. The van der Waals surface area contributed by atoms with Crippen molar-refractivity contribution in [3.05, 3.63) is 12.7 Å². The van der Waals surface area contributed by atoms with Crippen LogP contribution in [0.4, 0.5) is 5.82 Å². The molecule has 0 aliphatic heterocycles. The van der Waals surface area contributed by atoms with Gasteiger partial charge in [0.2, 0.25) is 0 Å². The molecule has 0 radical (unpaired) electrons. The summed E-state index contributed by atoms with van der Waals surface area (Å²) in [5.74, 6) is 0.469. The van der Waals surface area contributed by atoms with Gasteiger partial charge < -0.3 is 10.3 Å². The van der Waals surface area contributed by atoms with Crippen LogP contribution in [0.5, 0.6) is 0 Å². The van der Waals surface area contributed by atoms with E-state index in [1.54, 1.807) is 0 Å². The molecular formula is C16H27N5. The monoisotopic (exact) mass is 289 g/mol. The minimum atomic E-state index is 0.468. The quantitative estimate of drug-likeness (QED) is 0.705. The second kappa shape index (κ2) is 7.96. The van der Waals surface area contributed by atoms with Crippen molar-refractivity contribution < 1.29 is 0 Å². The van der Waals surface area contributed by atoms with Gasteiger partial charge in [-0.3, -0.25) is 0 Å². The lowest BCUT2D eigenvalue weighted by Crippen LogP contribution is -2.09. The van der Waals surface area contributed by atoms with Crippen LogP contribution in [0.15, 0.2) is 12.7 Å². The number of hydrogen-bond donors (Lipinski definition) is 1. The predicted octanol–water partition coefficient (Wildman–Crippen LogP) is 4.11. The molecule has 2 aromatic rings. The lowest BCUT2D eigenvalue weighted by molar-refractivity contribution is 0.415. The van der Waals surface area contributed by atoms with Crippen molar-refractivity contribution >= 4 is 17.0 Å². The van der Waals surface area contributed by atoms with Crippen LogP contribution in [0.25, 0.3) is 11.2 Å². The van der Waals surface area contributed by atoms with Gasteiger partial charge in [0, 0.05) is 6.04 Å². The molecule has 2 heterocycles. The van der Waals surface area contributed by atoms with E-state index < -0.39 is 0 Å². The molecule has 116 valence electrons. The van der Waals surface area contributed by atoms with E-state index in [9.17, 15) is 0 Å². The van der Waals surface area contributed by atoms with Crippen molar-refractivity contribution in [3.63, 3.8) is 0 Å². The summed E-state index contributed by atoms with van der Waals surface area (Å²) in [7, 11) is 0. The van der Waals surface area contributed by atoms with Crippen LogP contribution in [0.3, 0.4) is 0 Å². The van der Waals surface area contributed by atoms with E-state index in [1.807, 2.05) is 6.33 Å². The van der Waals surface area contributed by atoms with Gasteiger partial charge in [-0.2, -0.15) is 0 Å². The molecule has 0 saturated carbocycles. The summed E-state index contributed by atoms with van der Waals surface area (Å²) in [5.41, 5.74) is 7.47. The van der Waals surface area contributed by atoms with Crippen molar-refractivity contribution in [2.75, 3.05) is 5.73 Å². The first-order valence-corrected chi connectivity index (χ1v) is 8.20. The molecule has 21 heavy (non-hydrogen) atoms. The number of imidazole rings is 1. The zero-order valence-electron chi connectivity index (χ0n) is 13.3. The normalized spacial score (nSPS) is 12.9. The largest absolute Gasteiger partial charge is 0.382 e. The summed E-state index contributed by atoms with van der Waals surface area (Å²) in [6.45, 7) is 4.48. The van der Waals surface area contributed by atoms with E-state index in [1.165, 1.54) is 51.3 Å². The van der Waals surface area contributed by atoms with Crippen molar-refractivity contribution in [3.8, 4) is 0 Å². The molecule has 0 spiro atoms.